The Morgan fingerprint density at radius 3 is 2.30 bits per heavy atom. The molecule has 4 rings (SSSR count). The quantitative estimate of drug-likeness (QED) is 0.590. The Morgan fingerprint density at radius 2 is 1.61 bits per heavy atom. The maximum Gasteiger partial charge on any atom is 0.261 e. The van der Waals surface area contributed by atoms with Gasteiger partial charge in [0.15, 0.2) is 11.5 Å². The lowest BCUT2D eigenvalue weighted by Gasteiger charge is -2.21. The standard InChI is InChI=1S/C25H26N2O5S/c1-17-4-8-21(14-18(17)2)26-33(29,30)22-9-6-20(7-10-22)25(28)27(3)16-19-5-11-23-24(15-19)32-13-12-31-23/h4-11,14-15,26H,12-13,16H2,1-3H3. The lowest BCUT2D eigenvalue weighted by Crippen LogP contribution is -2.26. The van der Waals surface area contributed by atoms with Crippen molar-refractivity contribution in [3.05, 3.63) is 82.9 Å². The molecule has 0 atom stereocenters. The van der Waals surface area contributed by atoms with Gasteiger partial charge in [0, 0.05) is 24.8 Å². The van der Waals surface area contributed by atoms with Crippen LogP contribution in [0.4, 0.5) is 5.69 Å². The monoisotopic (exact) mass is 466 g/mol. The minimum absolute atomic E-state index is 0.0896. The lowest BCUT2D eigenvalue weighted by molar-refractivity contribution is 0.0784. The Hall–Kier alpha value is -3.52. The maximum absolute atomic E-state index is 12.9. The normalized spacial score (nSPS) is 12.8. The molecule has 0 aromatic heterocycles. The van der Waals surface area contributed by atoms with E-state index < -0.39 is 10.0 Å². The first-order valence-electron chi connectivity index (χ1n) is 10.6. The van der Waals surface area contributed by atoms with Gasteiger partial charge in [0.25, 0.3) is 15.9 Å². The molecule has 7 nitrogen and oxygen atoms in total. The summed E-state index contributed by atoms with van der Waals surface area (Å²) in [6.45, 7) is 5.29. The Kier molecular flexibility index (Phi) is 6.29. The van der Waals surface area contributed by atoms with Gasteiger partial charge in [-0.25, -0.2) is 8.42 Å². The molecule has 33 heavy (non-hydrogen) atoms. The average molecular weight is 467 g/mol. The number of benzene rings is 3. The van der Waals surface area contributed by atoms with Gasteiger partial charge in [-0.1, -0.05) is 12.1 Å². The van der Waals surface area contributed by atoms with Crippen molar-refractivity contribution in [2.45, 2.75) is 25.3 Å². The minimum atomic E-state index is -3.76. The Balaban J connectivity index is 1.44. The summed E-state index contributed by atoms with van der Waals surface area (Å²) in [6.07, 6.45) is 0. The number of carbonyl (C=O) groups excluding carboxylic acids is 1. The summed E-state index contributed by atoms with van der Waals surface area (Å²) < 4.78 is 39.2. The molecule has 0 saturated heterocycles. The van der Waals surface area contributed by atoms with Crippen LogP contribution in [0.5, 0.6) is 11.5 Å². The molecule has 0 radical (unpaired) electrons. The first-order valence-corrected chi connectivity index (χ1v) is 12.1. The second-order valence-electron chi connectivity index (χ2n) is 8.07. The van der Waals surface area contributed by atoms with Crippen molar-refractivity contribution in [2.24, 2.45) is 0 Å². The zero-order chi connectivity index (χ0) is 23.6. The molecule has 0 aliphatic carbocycles. The zero-order valence-corrected chi connectivity index (χ0v) is 19.6. The molecule has 0 spiro atoms. The molecule has 0 unspecified atom stereocenters. The van der Waals surface area contributed by atoms with Crippen molar-refractivity contribution in [3.8, 4) is 11.5 Å². The van der Waals surface area contributed by atoms with Crippen molar-refractivity contribution in [1.82, 2.24) is 4.90 Å². The number of aryl methyl sites for hydroxylation is 2. The first-order chi connectivity index (χ1) is 15.7. The number of sulfonamides is 1. The van der Waals surface area contributed by atoms with Crippen molar-refractivity contribution in [1.29, 1.82) is 0 Å². The van der Waals surface area contributed by atoms with Crippen LogP contribution in [0, 0.1) is 13.8 Å². The number of ether oxygens (including phenoxy) is 2. The van der Waals surface area contributed by atoms with E-state index in [2.05, 4.69) is 4.72 Å². The largest absolute Gasteiger partial charge is 0.486 e. The first kappa shape index (κ1) is 22.7. The van der Waals surface area contributed by atoms with Gasteiger partial charge >= 0.3 is 0 Å². The molecule has 0 bridgehead atoms. The molecule has 1 aliphatic heterocycles. The van der Waals surface area contributed by atoms with E-state index in [0.717, 1.165) is 16.7 Å². The fraction of sp³-hybridized carbons (Fsp3) is 0.240. The minimum Gasteiger partial charge on any atom is -0.486 e. The molecule has 1 amide bonds. The molecule has 0 saturated carbocycles. The van der Waals surface area contributed by atoms with Crippen LogP contribution in [0.2, 0.25) is 0 Å². The molecule has 3 aromatic carbocycles. The highest BCUT2D eigenvalue weighted by Crippen LogP contribution is 2.31. The zero-order valence-electron chi connectivity index (χ0n) is 18.8. The second-order valence-corrected chi connectivity index (χ2v) is 9.75. The van der Waals surface area contributed by atoms with Gasteiger partial charge in [0.05, 0.1) is 4.90 Å². The highest BCUT2D eigenvalue weighted by Gasteiger charge is 2.18. The van der Waals surface area contributed by atoms with Crippen LogP contribution < -0.4 is 14.2 Å². The molecule has 0 fully saturated rings. The number of fused-ring (bicyclic) bond motifs is 1. The Labute approximate surface area is 194 Å². The van der Waals surface area contributed by atoms with Crippen LogP contribution in [-0.2, 0) is 16.6 Å². The van der Waals surface area contributed by atoms with Gasteiger partial charge in [-0.05, 0) is 79.1 Å². The predicted octanol–water partition coefficient (Wildman–Crippen LogP) is 4.15. The van der Waals surface area contributed by atoms with E-state index in [1.54, 1.807) is 24.1 Å². The summed E-state index contributed by atoms with van der Waals surface area (Å²) in [6, 6.07) is 16.9. The smallest absolute Gasteiger partial charge is 0.261 e. The van der Waals surface area contributed by atoms with Gasteiger partial charge in [-0.15, -0.1) is 0 Å². The van der Waals surface area contributed by atoms with Crippen molar-refractivity contribution in [2.75, 3.05) is 25.0 Å². The SMILES string of the molecule is Cc1ccc(NS(=O)(=O)c2ccc(C(=O)N(C)Cc3ccc4c(c3)OCCO4)cc2)cc1C. The number of amides is 1. The predicted molar refractivity (Wildman–Crippen MR) is 126 cm³/mol. The highest BCUT2D eigenvalue weighted by atomic mass is 32.2. The third-order valence-corrected chi connectivity index (χ3v) is 6.94. The molecular weight excluding hydrogens is 440 g/mol. The number of anilines is 1. The summed E-state index contributed by atoms with van der Waals surface area (Å²) in [5.74, 6) is 1.16. The number of nitrogens with zero attached hydrogens (tertiary/aromatic N) is 1. The fourth-order valence-corrected chi connectivity index (χ4v) is 4.60. The topological polar surface area (TPSA) is 84.9 Å². The van der Waals surface area contributed by atoms with Crippen molar-refractivity contribution >= 4 is 21.6 Å². The van der Waals surface area contributed by atoms with Gasteiger partial charge in [-0.3, -0.25) is 9.52 Å². The van der Waals surface area contributed by atoms with Crippen LogP contribution in [0.1, 0.15) is 27.0 Å². The third kappa shape index (κ3) is 5.12. The van der Waals surface area contributed by atoms with Gasteiger partial charge in [0.2, 0.25) is 0 Å². The lowest BCUT2D eigenvalue weighted by atomic mass is 10.1. The van der Waals surface area contributed by atoms with Gasteiger partial charge in [0.1, 0.15) is 13.2 Å². The summed E-state index contributed by atoms with van der Waals surface area (Å²) in [4.78, 5) is 14.5. The van der Waals surface area contributed by atoms with E-state index in [1.807, 2.05) is 38.1 Å². The molecule has 1 heterocycles. The van der Waals surface area contributed by atoms with Gasteiger partial charge < -0.3 is 14.4 Å². The van der Waals surface area contributed by atoms with Crippen LogP contribution in [0.15, 0.2) is 65.6 Å². The van der Waals surface area contributed by atoms with Crippen LogP contribution in [0.3, 0.4) is 0 Å². The molecule has 3 aromatic rings. The van der Waals surface area contributed by atoms with Crippen LogP contribution >= 0.6 is 0 Å². The maximum atomic E-state index is 12.9. The summed E-state index contributed by atoms with van der Waals surface area (Å²) in [5, 5.41) is 0. The van der Waals surface area contributed by atoms with E-state index in [4.69, 9.17) is 9.47 Å². The van der Waals surface area contributed by atoms with Gasteiger partial charge in [-0.2, -0.15) is 0 Å². The molecule has 1 aliphatic rings. The number of nitrogens with one attached hydrogen (secondary N) is 1. The molecule has 8 heteroatoms. The fourth-order valence-electron chi connectivity index (χ4n) is 3.55. The van der Waals surface area contributed by atoms with Crippen molar-refractivity contribution in [3.63, 3.8) is 0 Å². The highest BCUT2D eigenvalue weighted by molar-refractivity contribution is 7.92. The van der Waals surface area contributed by atoms with E-state index in [-0.39, 0.29) is 10.8 Å². The number of rotatable bonds is 6. The van der Waals surface area contributed by atoms with E-state index in [1.165, 1.54) is 24.3 Å². The van der Waals surface area contributed by atoms with E-state index >= 15 is 0 Å². The van der Waals surface area contributed by atoms with Crippen LogP contribution in [0.25, 0.3) is 0 Å². The molecular formula is C25H26N2O5S. The van der Waals surface area contributed by atoms with Crippen LogP contribution in [-0.4, -0.2) is 39.5 Å². The third-order valence-electron chi connectivity index (χ3n) is 5.54. The molecule has 172 valence electrons. The molecule has 1 N–H and O–H groups in total. The number of hydrogen-bond donors (Lipinski definition) is 1. The Bertz CT molecular complexity index is 1290. The average Bonchev–Trinajstić information content (AvgIpc) is 2.81. The second kappa shape index (κ2) is 9.15. The van der Waals surface area contributed by atoms with E-state index in [9.17, 15) is 13.2 Å². The number of hydrogen-bond acceptors (Lipinski definition) is 5. The number of carbonyl (C=O) groups is 1. The van der Waals surface area contributed by atoms with Crippen molar-refractivity contribution < 1.29 is 22.7 Å². The van der Waals surface area contributed by atoms with E-state index in [0.29, 0.717) is 42.5 Å². The summed E-state index contributed by atoms with van der Waals surface area (Å²) in [5.41, 5.74) is 3.89. The summed E-state index contributed by atoms with van der Waals surface area (Å²) >= 11 is 0. The summed E-state index contributed by atoms with van der Waals surface area (Å²) in [7, 11) is -2.06. The Morgan fingerprint density at radius 1 is 0.909 bits per heavy atom.